The summed E-state index contributed by atoms with van der Waals surface area (Å²) < 4.78 is 6.08. The highest BCUT2D eigenvalue weighted by molar-refractivity contribution is 6.07. The van der Waals surface area contributed by atoms with Crippen LogP contribution in [0.2, 0.25) is 0 Å². The molecule has 216 valence electrons. The molecule has 0 saturated carbocycles. The van der Waals surface area contributed by atoms with E-state index in [1.54, 1.807) is 52.3 Å². The van der Waals surface area contributed by atoms with Crippen LogP contribution in [-0.2, 0) is 24.9 Å². The number of hydrogen-bond acceptors (Lipinski definition) is 5. The van der Waals surface area contributed by atoms with E-state index >= 15 is 0 Å². The van der Waals surface area contributed by atoms with Crippen molar-refractivity contribution < 1.29 is 9.59 Å². The molecule has 5 rings (SSSR count). The van der Waals surface area contributed by atoms with Crippen molar-refractivity contribution in [2.75, 3.05) is 18.4 Å². The van der Waals surface area contributed by atoms with Gasteiger partial charge in [0.05, 0.1) is 33.2 Å². The van der Waals surface area contributed by atoms with Gasteiger partial charge in [-0.05, 0) is 57.9 Å². The number of carbonyl (C=O) groups is 2. The maximum Gasteiger partial charge on any atom is 0.331 e. The van der Waals surface area contributed by atoms with E-state index in [0.29, 0.717) is 72.2 Å². The Morgan fingerprint density at radius 2 is 1.51 bits per heavy atom. The minimum absolute atomic E-state index is 0.166. The van der Waals surface area contributed by atoms with Gasteiger partial charge < -0.3 is 10.2 Å². The molecule has 2 aromatic heterocycles. The molecule has 1 fully saturated rings. The van der Waals surface area contributed by atoms with Crippen molar-refractivity contribution >= 4 is 39.4 Å². The number of piperidine rings is 1. The minimum Gasteiger partial charge on any atom is -0.338 e. The van der Waals surface area contributed by atoms with E-state index in [-0.39, 0.29) is 41.2 Å². The fraction of sp³-hybridized carbons (Fsp3) is 0.433. The number of hydrogen-bond donors (Lipinski definition) is 1. The van der Waals surface area contributed by atoms with Gasteiger partial charge in [-0.2, -0.15) is 0 Å². The number of fused-ring (bicyclic) bond motifs is 2. The first-order chi connectivity index (χ1) is 19.6. The molecular formula is C30H36N6O5. The Bertz CT molecular complexity index is 1870. The maximum atomic E-state index is 13.9. The van der Waals surface area contributed by atoms with Crippen molar-refractivity contribution in [2.24, 2.45) is 7.05 Å². The Kier molecular flexibility index (Phi) is 7.46. The highest BCUT2D eigenvalue weighted by Gasteiger charge is 2.29. The number of aryl methyl sites for hydroxylation is 4. The number of nitrogens with zero attached hydrogens (tertiary/aromatic N) is 5. The first kappa shape index (κ1) is 28.1. The second kappa shape index (κ2) is 10.9. The quantitative estimate of drug-likeness (QED) is 0.389. The lowest BCUT2D eigenvalue weighted by atomic mass is 10.0. The molecule has 1 aliphatic rings. The van der Waals surface area contributed by atoms with Crippen LogP contribution in [0.25, 0.3) is 21.9 Å². The number of rotatable bonds is 6. The third-order valence-electron chi connectivity index (χ3n) is 8.19. The molecule has 0 atom stereocenters. The topological polar surface area (TPSA) is 120 Å². The summed E-state index contributed by atoms with van der Waals surface area (Å²) in [5, 5.41) is 3.34. The third kappa shape index (κ3) is 4.68. The van der Waals surface area contributed by atoms with E-state index in [9.17, 15) is 24.0 Å². The monoisotopic (exact) mass is 560 g/mol. The number of likely N-dealkylation sites (tertiary alicyclic amines) is 1. The van der Waals surface area contributed by atoms with Crippen LogP contribution in [0.15, 0.2) is 44.7 Å². The first-order valence-corrected chi connectivity index (χ1v) is 14.2. The molecule has 11 heteroatoms. The van der Waals surface area contributed by atoms with Crippen LogP contribution >= 0.6 is 0 Å². The van der Waals surface area contributed by atoms with Gasteiger partial charge in [0, 0.05) is 45.7 Å². The van der Waals surface area contributed by atoms with Crippen molar-refractivity contribution in [1.82, 2.24) is 23.2 Å². The number of amides is 2. The van der Waals surface area contributed by atoms with E-state index in [0.717, 1.165) is 5.56 Å². The summed E-state index contributed by atoms with van der Waals surface area (Å²) in [6.07, 6.45) is 1.11. The van der Waals surface area contributed by atoms with Crippen LogP contribution in [0.1, 0.15) is 62.0 Å². The summed E-state index contributed by atoms with van der Waals surface area (Å²) in [4.78, 5) is 67.5. The molecule has 0 bridgehead atoms. The van der Waals surface area contributed by atoms with Gasteiger partial charge in [-0.3, -0.25) is 32.7 Å². The number of nitrogens with one attached hydrogen (secondary N) is 1. The normalized spacial score (nSPS) is 14.2. The van der Waals surface area contributed by atoms with Crippen LogP contribution in [0.5, 0.6) is 0 Å². The Morgan fingerprint density at radius 3 is 2.12 bits per heavy atom. The van der Waals surface area contributed by atoms with Gasteiger partial charge in [-0.15, -0.1) is 0 Å². The van der Waals surface area contributed by atoms with Gasteiger partial charge >= 0.3 is 11.4 Å². The predicted octanol–water partition coefficient (Wildman–Crippen LogP) is 2.99. The highest BCUT2D eigenvalue weighted by atomic mass is 16.2. The highest BCUT2D eigenvalue weighted by Crippen LogP contribution is 2.28. The molecule has 1 N–H and O–H groups in total. The SMILES string of the molecule is CCC(=O)Nc1cc2c(cc1C(=O)N1CCC(n3c(=O)c4cc(C)ccc4n(C)c3=O)CC1)n(CC)c(=O)n2CC. The van der Waals surface area contributed by atoms with Crippen LogP contribution in [0, 0.1) is 6.92 Å². The van der Waals surface area contributed by atoms with E-state index in [4.69, 9.17) is 0 Å². The minimum atomic E-state index is -0.371. The standard InChI is InChI=1S/C30H36N6O5/c1-6-26(37)31-22-17-25-24(34(7-2)30(41)35(25)8-3)16-20(22)27(38)33-13-11-19(12-14-33)36-28(39)21-15-18(4)9-10-23(21)32(5)29(36)40/h9-10,15-17,19H,6-8,11-14H2,1-5H3,(H,31,37). The number of aromatic nitrogens is 4. The van der Waals surface area contributed by atoms with Crippen LogP contribution in [0.4, 0.5) is 5.69 Å². The first-order valence-electron chi connectivity index (χ1n) is 14.2. The molecule has 11 nitrogen and oxygen atoms in total. The molecule has 2 amide bonds. The summed E-state index contributed by atoms with van der Waals surface area (Å²) in [7, 11) is 1.67. The Morgan fingerprint density at radius 1 is 0.878 bits per heavy atom. The zero-order valence-corrected chi connectivity index (χ0v) is 24.2. The zero-order chi connectivity index (χ0) is 29.6. The third-order valence-corrected chi connectivity index (χ3v) is 8.19. The average molecular weight is 561 g/mol. The summed E-state index contributed by atoms with van der Waals surface area (Å²) >= 11 is 0. The van der Waals surface area contributed by atoms with E-state index in [1.165, 1.54) is 9.13 Å². The van der Waals surface area contributed by atoms with Crippen molar-refractivity contribution in [3.63, 3.8) is 0 Å². The fourth-order valence-corrected chi connectivity index (χ4v) is 5.91. The van der Waals surface area contributed by atoms with Gasteiger partial charge in [0.15, 0.2) is 0 Å². The van der Waals surface area contributed by atoms with E-state index in [1.807, 2.05) is 26.8 Å². The van der Waals surface area contributed by atoms with E-state index in [2.05, 4.69) is 5.32 Å². The predicted molar refractivity (Wildman–Crippen MR) is 159 cm³/mol. The van der Waals surface area contributed by atoms with Crippen molar-refractivity contribution in [3.8, 4) is 0 Å². The van der Waals surface area contributed by atoms with Crippen molar-refractivity contribution in [3.05, 3.63) is 72.8 Å². The Balaban J connectivity index is 1.49. The maximum absolute atomic E-state index is 13.9. The van der Waals surface area contributed by atoms with Crippen molar-refractivity contribution in [1.29, 1.82) is 0 Å². The molecule has 0 spiro atoms. The lowest BCUT2D eigenvalue weighted by Crippen LogP contribution is -2.46. The summed E-state index contributed by atoms with van der Waals surface area (Å²) in [6.45, 7) is 8.96. The molecule has 0 unspecified atom stereocenters. The Labute approximate surface area is 236 Å². The van der Waals surface area contributed by atoms with Crippen LogP contribution in [0.3, 0.4) is 0 Å². The van der Waals surface area contributed by atoms with E-state index < -0.39 is 0 Å². The lowest BCUT2D eigenvalue weighted by Gasteiger charge is -2.33. The van der Waals surface area contributed by atoms with Gasteiger partial charge in [0.2, 0.25) is 5.91 Å². The Hall–Kier alpha value is -4.41. The molecule has 2 aromatic carbocycles. The number of benzene rings is 2. The van der Waals surface area contributed by atoms with Crippen LogP contribution < -0.4 is 22.3 Å². The average Bonchev–Trinajstić information content (AvgIpc) is 3.24. The summed E-state index contributed by atoms with van der Waals surface area (Å²) in [6, 6.07) is 8.52. The van der Waals surface area contributed by atoms with Gasteiger partial charge in [0.25, 0.3) is 11.5 Å². The zero-order valence-electron chi connectivity index (χ0n) is 24.2. The lowest BCUT2D eigenvalue weighted by molar-refractivity contribution is -0.115. The van der Waals surface area contributed by atoms with Gasteiger partial charge in [0.1, 0.15) is 0 Å². The van der Waals surface area contributed by atoms with Gasteiger partial charge in [-0.1, -0.05) is 18.6 Å². The second-order valence-electron chi connectivity index (χ2n) is 10.6. The molecule has 0 radical (unpaired) electrons. The molecular weight excluding hydrogens is 524 g/mol. The largest absolute Gasteiger partial charge is 0.338 e. The number of carbonyl (C=O) groups excluding carboxylic acids is 2. The fourth-order valence-electron chi connectivity index (χ4n) is 5.91. The summed E-state index contributed by atoms with van der Waals surface area (Å²) in [5.74, 6) is -0.510. The molecule has 1 saturated heterocycles. The van der Waals surface area contributed by atoms with Crippen molar-refractivity contribution in [2.45, 2.75) is 66.1 Å². The van der Waals surface area contributed by atoms with Gasteiger partial charge in [-0.25, -0.2) is 9.59 Å². The molecule has 0 aliphatic carbocycles. The number of imidazole rings is 1. The summed E-state index contributed by atoms with van der Waals surface area (Å²) in [5.41, 5.74) is 2.63. The molecule has 41 heavy (non-hydrogen) atoms. The van der Waals surface area contributed by atoms with Crippen LogP contribution in [-0.4, -0.2) is 48.1 Å². The molecule has 4 aromatic rings. The molecule has 1 aliphatic heterocycles. The smallest absolute Gasteiger partial charge is 0.331 e. The number of anilines is 1. The second-order valence-corrected chi connectivity index (χ2v) is 10.6. The molecule has 3 heterocycles.